The molecule has 1 saturated heterocycles. The van der Waals surface area contributed by atoms with Gasteiger partial charge in [0.15, 0.2) is 0 Å². The number of amides is 2. The van der Waals surface area contributed by atoms with E-state index in [-0.39, 0.29) is 30.3 Å². The highest BCUT2D eigenvalue weighted by Gasteiger charge is 2.35. The number of likely N-dealkylation sites (tertiary alicyclic amines) is 1. The Balaban J connectivity index is 1.33. The van der Waals surface area contributed by atoms with Gasteiger partial charge in [-0.05, 0) is 53.3 Å². The maximum absolute atomic E-state index is 14.0. The lowest BCUT2D eigenvalue weighted by molar-refractivity contribution is -0.141. The van der Waals surface area contributed by atoms with Gasteiger partial charge in [-0.15, -0.1) is 0 Å². The van der Waals surface area contributed by atoms with Gasteiger partial charge in [0.25, 0.3) is 5.91 Å². The van der Waals surface area contributed by atoms with E-state index in [1.54, 1.807) is 0 Å². The van der Waals surface area contributed by atoms with Gasteiger partial charge in [-0.25, -0.2) is 14.0 Å². The van der Waals surface area contributed by atoms with Crippen LogP contribution in [0.25, 0.3) is 11.1 Å². The molecule has 0 bridgehead atoms. The van der Waals surface area contributed by atoms with Crippen molar-refractivity contribution < 1.29 is 28.6 Å². The zero-order valence-electron chi connectivity index (χ0n) is 18.7. The highest BCUT2D eigenvalue weighted by atomic mass is 19.1. The molecule has 0 saturated carbocycles. The molecule has 2 aliphatic rings. The maximum atomic E-state index is 14.0. The topological polar surface area (TPSA) is 95.9 Å². The predicted octanol–water partition coefficient (Wildman–Crippen LogP) is 4.88. The predicted molar refractivity (Wildman–Crippen MR) is 127 cm³/mol. The number of carboxylic acid groups (broad SMARTS) is 1. The monoisotopic (exact) mass is 474 g/mol. The Bertz CT molecular complexity index is 1280. The first kappa shape index (κ1) is 22.6. The number of nitrogens with one attached hydrogen (secondary N) is 1. The second kappa shape index (κ2) is 9.21. The van der Waals surface area contributed by atoms with Crippen molar-refractivity contribution >= 4 is 23.7 Å². The molecule has 5 rings (SSSR count). The van der Waals surface area contributed by atoms with Gasteiger partial charge in [0.2, 0.25) is 0 Å². The molecule has 0 spiro atoms. The number of halogens is 1. The van der Waals surface area contributed by atoms with E-state index in [4.69, 9.17) is 4.74 Å². The molecule has 8 heteroatoms. The number of carbonyl (C=O) groups excluding carboxylic acids is 2. The van der Waals surface area contributed by atoms with Crippen LogP contribution in [0, 0.1) is 5.82 Å². The summed E-state index contributed by atoms with van der Waals surface area (Å²) >= 11 is 0. The van der Waals surface area contributed by atoms with E-state index in [1.165, 1.54) is 11.0 Å². The molecule has 0 radical (unpaired) electrons. The van der Waals surface area contributed by atoms with Crippen molar-refractivity contribution in [3.8, 4) is 11.1 Å². The SMILES string of the molecule is O=C(Nc1ccc(F)cc1C(=O)N1CCCC1C(=O)O)OCC1c2ccccc2-c2ccccc21. The van der Waals surface area contributed by atoms with Crippen LogP contribution in [0.5, 0.6) is 0 Å². The third-order valence-electron chi connectivity index (χ3n) is 6.59. The molecule has 178 valence electrons. The highest BCUT2D eigenvalue weighted by molar-refractivity contribution is 6.04. The summed E-state index contributed by atoms with van der Waals surface area (Å²) in [7, 11) is 0. The number of benzene rings is 3. The average Bonchev–Trinajstić information content (AvgIpc) is 3.47. The van der Waals surface area contributed by atoms with Gasteiger partial charge in [-0.1, -0.05) is 48.5 Å². The van der Waals surface area contributed by atoms with E-state index < -0.39 is 29.8 Å². The lowest BCUT2D eigenvalue weighted by Gasteiger charge is -2.23. The zero-order chi connectivity index (χ0) is 24.5. The number of anilines is 1. The third kappa shape index (κ3) is 4.23. The summed E-state index contributed by atoms with van der Waals surface area (Å²) in [5.74, 6) is -2.57. The first-order valence-electron chi connectivity index (χ1n) is 11.4. The van der Waals surface area contributed by atoms with Crippen LogP contribution in [0.3, 0.4) is 0 Å². The highest BCUT2D eigenvalue weighted by Crippen LogP contribution is 2.44. The van der Waals surface area contributed by atoms with Crippen molar-refractivity contribution in [2.45, 2.75) is 24.8 Å². The molecule has 2 amide bonds. The van der Waals surface area contributed by atoms with Crippen molar-refractivity contribution in [2.75, 3.05) is 18.5 Å². The number of fused-ring (bicyclic) bond motifs is 3. The van der Waals surface area contributed by atoms with Gasteiger partial charge in [0.1, 0.15) is 18.5 Å². The van der Waals surface area contributed by atoms with E-state index in [0.717, 1.165) is 34.4 Å². The van der Waals surface area contributed by atoms with E-state index >= 15 is 0 Å². The fraction of sp³-hybridized carbons (Fsp3) is 0.222. The smallest absolute Gasteiger partial charge is 0.411 e. The minimum atomic E-state index is -1.11. The standard InChI is InChI=1S/C27H23FN2O5/c28-16-11-12-23(21(14-16)25(31)30-13-5-10-24(30)26(32)33)29-27(34)35-15-22-19-8-3-1-6-17(19)18-7-2-4-9-20(18)22/h1-4,6-9,11-12,14,22,24H,5,10,13,15H2,(H,29,34)(H,32,33). The number of carbonyl (C=O) groups is 3. The number of hydrogen-bond acceptors (Lipinski definition) is 4. The third-order valence-corrected chi connectivity index (χ3v) is 6.59. The molecule has 35 heavy (non-hydrogen) atoms. The van der Waals surface area contributed by atoms with Crippen molar-refractivity contribution in [3.63, 3.8) is 0 Å². The molecule has 1 heterocycles. The van der Waals surface area contributed by atoms with Crippen LogP contribution in [0.15, 0.2) is 66.7 Å². The molecule has 3 aromatic carbocycles. The summed E-state index contributed by atoms with van der Waals surface area (Å²) in [5.41, 5.74) is 4.27. The van der Waals surface area contributed by atoms with Crippen molar-refractivity contribution in [3.05, 3.63) is 89.2 Å². The van der Waals surface area contributed by atoms with Gasteiger partial charge in [-0.3, -0.25) is 10.1 Å². The van der Waals surface area contributed by atoms with Gasteiger partial charge in [0.05, 0.1) is 11.3 Å². The van der Waals surface area contributed by atoms with Gasteiger partial charge in [0, 0.05) is 12.5 Å². The van der Waals surface area contributed by atoms with Gasteiger partial charge in [-0.2, -0.15) is 0 Å². The number of aliphatic carboxylic acids is 1. The van der Waals surface area contributed by atoms with Crippen molar-refractivity contribution in [1.82, 2.24) is 4.90 Å². The molecule has 3 aromatic rings. The van der Waals surface area contributed by atoms with Gasteiger partial charge >= 0.3 is 12.1 Å². The second-order valence-electron chi connectivity index (χ2n) is 8.64. The van der Waals surface area contributed by atoms with Crippen LogP contribution in [-0.4, -0.2) is 47.2 Å². The quantitative estimate of drug-likeness (QED) is 0.550. The fourth-order valence-electron chi connectivity index (χ4n) is 4.97. The van der Waals surface area contributed by atoms with E-state index in [9.17, 15) is 23.9 Å². The summed E-state index contributed by atoms with van der Waals surface area (Å²) in [6, 6.07) is 18.3. The number of nitrogens with zero attached hydrogens (tertiary/aromatic N) is 1. The minimum absolute atomic E-state index is 0.0599. The lowest BCUT2D eigenvalue weighted by atomic mass is 9.98. The molecular formula is C27H23FN2O5. The summed E-state index contributed by atoms with van der Waals surface area (Å²) in [6.45, 7) is 0.328. The summed E-state index contributed by atoms with van der Waals surface area (Å²) in [4.78, 5) is 38.5. The lowest BCUT2D eigenvalue weighted by Crippen LogP contribution is -2.40. The molecular weight excluding hydrogens is 451 g/mol. The molecule has 1 fully saturated rings. The summed E-state index contributed by atoms with van der Waals surface area (Å²) in [5, 5.41) is 11.9. The van der Waals surface area contributed by atoms with Crippen molar-refractivity contribution in [1.29, 1.82) is 0 Å². The first-order chi connectivity index (χ1) is 16.9. The summed E-state index contributed by atoms with van der Waals surface area (Å²) < 4.78 is 19.5. The van der Waals surface area contributed by atoms with E-state index in [1.807, 2.05) is 48.5 Å². The number of carboxylic acids is 1. The zero-order valence-corrected chi connectivity index (χ0v) is 18.7. The Labute approximate surface area is 201 Å². The van der Waals surface area contributed by atoms with Crippen LogP contribution in [0.2, 0.25) is 0 Å². The molecule has 1 aliphatic carbocycles. The Morgan fingerprint density at radius 2 is 1.66 bits per heavy atom. The normalized spacial score (nSPS) is 16.5. The second-order valence-corrected chi connectivity index (χ2v) is 8.64. The Hall–Kier alpha value is -4.20. The average molecular weight is 474 g/mol. The fourth-order valence-corrected chi connectivity index (χ4v) is 4.97. The van der Waals surface area contributed by atoms with Crippen LogP contribution in [0.1, 0.15) is 40.2 Å². The van der Waals surface area contributed by atoms with Gasteiger partial charge < -0.3 is 14.7 Å². The molecule has 1 unspecified atom stereocenters. The maximum Gasteiger partial charge on any atom is 0.411 e. The molecule has 1 aliphatic heterocycles. The van der Waals surface area contributed by atoms with E-state index in [2.05, 4.69) is 5.32 Å². The minimum Gasteiger partial charge on any atom is -0.480 e. The Morgan fingerprint density at radius 3 is 2.31 bits per heavy atom. The molecule has 1 atom stereocenters. The summed E-state index contributed by atoms with van der Waals surface area (Å²) in [6.07, 6.45) is 0.0716. The van der Waals surface area contributed by atoms with E-state index in [0.29, 0.717) is 12.8 Å². The Kier molecular flexibility index (Phi) is 5.94. The molecule has 0 aromatic heterocycles. The molecule has 2 N–H and O–H groups in total. The van der Waals surface area contributed by atoms with Crippen molar-refractivity contribution in [2.24, 2.45) is 0 Å². The number of hydrogen-bond donors (Lipinski definition) is 2. The van der Waals surface area contributed by atoms with Crippen LogP contribution >= 0.6 is 0 Å². The van der Waals surface area contributed by atoms with Crippen LogP contribution in [-0.2, 0) is 9.53 Å². The van der Waals surface area contributed by atoms with Crippen LogP contribution < -0.4 is 5.32 Å². The molecule has 7 nitrogen and oxygen atoms in total. The Morgan fingerprint density at radius 1 is 1.00 bits per heavy atom. The number of rotatable bonds is 5. The largest absolute Gasteiger partial charge is 0.480 e. The first-order valence-corrected chi connectivity index (χ1v) is 11.4. The van der Waals surface area contributed by atoms with Crippen LogP contribution in [0.4, 0.5) is 14.9 Å². The number of ether oxygens (including phenoxy) is 1.